The summed E-state index contributed by atoms with van der Waals surface area (Å²) in [5.41, 5.74) is 8.06. The highest BCUT2D eigenvalue weighted by Crippen LogP contribution is 2.21. The number of ether oxygens (including phenoxy) is 2. The van der Waals surface area contributed by atoms with E-state index in [0.717, 1.165) is 17.0 Å². The largest absolute Gasteiger partial charge is 0.497 e. The molecule has 2 aromatic rings. The molecule has 0 unspecified atom stereocenters. The van der Waals surface area contributed by atoms with Gasteiger partial charge in [0.15, 0.2) is 0 Å². The maximum absolute atomic E-state index is 11.9. The number of rotatable bonds is 6. The number of carbonyl (C=O) groups is 1. The number of carbonyl (C=O) groups excluding carboxylic acids is 1. The molecule has 0 radical (unpaired) electrons. The first-order valence-electron chi connectivity index (χ1n) is 7.02. The quantitative estimate of drug-likeness (QED) is 0.804. The van der Waals surface area contributed by atoms with Gasteiger partial charge < -0.3 is 20.5 Å². The molecule has 0 saturated heterocycles. The summed E-state index contributed by atoms with van der Waals surface area (Å²) >= 11 is 0. The Morgan fingerprint density at radius 1 is 1.18 bits per heavy atom. The molecule has 0 heterocycles. The van der Waals surface area contributed by atoms with Crippen LogP contribution in [-0.2, 0) is 4.79 Å². The van der Waals surface area contributed by atoms with Gasteiger partial charge >= 0.3 is 0 Å². The van der Waals surface area contributed by atoms with Crippen molar-refractivity contribution in [2.45, 2.75) is 13.3 Å². The van der Waals surface area contributed by atoms with Crippen LogP contribution in [0.1, 0.15) is 12.0 Å². The van der Waals surface area contributed by atoms with Gasteiger partial charge in [-0.1, -0.05) is 12.1 Å². The van der Waals surface area contributed by atoms with E-state index in [1.807, 2.05) is 37.3 Å². The highest BCUT2D eigenvalue weighted by Gasteiger charge is 2.07. The molecule has 3 N–H and O–H groups in total. The van der Waals surface area contributed by atoms with Crippen LogP contribution in [0.25, 0.3) is 0 Å². The number of amides is 1. The molecule has 0 bridgehead atoms. The van der Waals surface area contributed by atoms with Gasteiger partial charge in [0.25, 0.3) is 0 Å². The van der Waals surface area contributed by atoms with Crippen LogP contribution in [0.2, 0.25) is 0 Å². The van der Waals surface area contributed by atoms with Crippen LogP contribution < -0.4 is 20.5 Å². The summed E-state index contributed by atoms with van der Waals surface area (Å²) in [7, 11) is 1.60. The average Bonchev–Trinajstić information content (AvgIpc) is 2.52. The molecule has 0 atom stereocenters. The summed E-state index contributed by atoms with van der Waals surface area (Å²) < 4.78 is 10.7. The number of anilines is 2. The van der Waals surface area contributed by atoms with E-state index >= 15 is 0 Å². The highest BCUT2D eigenvalue weighted by atomic mass is 16.5. The monoisotopic (exact) mass is 300 g/mol. The number of benzene rings is 2. The third kappa shape index (κ3) is 4.15. The molecule has 1 amide bonds. The first-order valence-corrected chi connectivity index (χ1v) is 7.02. The lowest BCUT2D eigenvalue weighted by Gasteiger charge is -2.11. The Bertz CT molecular complexity index is 656. The Morgan fingerprint density at radius 2 is 1.91 bits per heavy atom. The smallest absolute Gasteiger partial charge is 0.227 e. The molecule has 5 heteroatoms. The van der Waals surface area contributed by atoms with Crippen LogP contribution in [-0.4, -0.2) is 19.6 Å². The minimum Gasteiger partial charge on any atom is -0.497 e. The number of hydrogen-bond donors (Lipinski definition) is 2. The summed E-state index contributed by atoms with van der Waals surface area (Å²) in [6.45, 7) is 2.16. The van der Waals surface area contributed by atoms with Crippen molar-refractivity contribution in [2.75, 3.05) is 24.8 Å². The Balaban J connectivity index is 1.84. The minimum absolute atomic E-state index is 0.114. The number of hydrogen-bond acceptors (Lipinski definition) is 4. The topological polar surface area (TPSA) is 73.6 Å². The van der Waals surface area contributed by atoms with E-state index in [1.54, 1.807) is 19.2 Å². The molecule has 0 fully saturated rings. The molecule has 116 valence electrons. The molecule has 0 aliphatic heterocycles. The van der Waals surface area contributed by atoms with Crippen molar-refractivity contribution in [1.82, 2.24) is 0 Å². The molecule has 5 nitrogen and oxygen atoms in total. The van der Waals surface area contributed by atoms with E-state index in [9.17, 15) is 4.79 Å². The number of nitrogens with two attached hydrogens (primary N) is 1. The lowest BCUT2D eigenvalue weighted by molar-refractivity contribution is -0.116. The first-order chi connectivity index (χ1) is 10.6. The SMILES string of the molecule is COc1cccc(OCCC(=O)Nc2cccc(N)c2C)c1. The molecule has 2 aromatic carbocycles. The zero-order chi connectivity index (χ0) is 15.9. The predicted octanol–water partition coefficient (Wildman–Crippen LogP) is 2.99. The van der Waals surface area contributed by atoms with Gasteiger partial charge in [0.05, 0.1) is 20.1 Å². The molecule has 2 rings (SSSR count). The Morgan fingerprint density at radius 3 is 2.68 bits per heavy atom. The molecule has 22 heavy (non-hydrogen) atoms. The Labute approximate surface area is 130 Å². The van der Waals surface area contributed by atoms with Gasteiger partial charge in [-0.25, -0.2) is 0 Å². The lowest BCUT2D eigenvalue weighted by atomic mass is 10.1. The fraction of sp³-hybridized carbons (Fsp3) is 0.235. The fourth-order valence-corrected chi connectivity index (χ4v) is 1.95. The van der Waals surface area contributed by atoms with E-state index in [-0.39, 0.29) is 12.3 Å². The molecular formula is C17H20N2O3. The normalized spacial score (nSPS) is 10.1. The zero-order valence-corrected chi connectivity index (χ0v) is 12.8. The Hall–Kier alpha value is -2.69. The minimum atomic E-state index is -0.114. The van der Waals surface area contributed by atoms with Crippen molar-refractivity contribution in [3.8, 4) is 11.5 Å². The van der Waals surface area contributed by atoms with Gasteiger partial charge in [-0.2, -0.15) is 0 Å². The second-order valence-corrected chi connectivity index (χ2v) is 4.85. The van der Waals surface area contributed by atoms with Crippen molar-refractivity contribution < 1.29 is 14.3 Å². The van der Waals surface area contributed by atoms with E-state index in [1.165, 1.54) is 0 Å². The van der Waals surface area contributed by atoms with Crippen molar-refractivity contribution in [1.29, 1.82) is 0 Å². The highest BCUT2D eigenvalue weighted by molar-refractivity contribution is 5.92. The summed E-state index contributed by atoms with van der Waals surface area (Å²) in [5.74, 6) is 1.28. The summed E-state index contributed by atoms with van der Waals surface area (Å²) in [4.78, 5) is 11.9. The first kappa shape index (κ1) is 15.7. The molecule has 0 aliphatic carbocycles. The van der Waals surface area contributed by atoms with Crippen LogP contribution in [0, 0.1) is 6.92 Å². The third-order valence-corrected chi connectivity index (χ3v) is 3.29. The average molecular weight is 300 g/mol. The van der Waals surface area contributed by atoms with Crippen molar-refractivity contribution in [3.05, 3.63) is 48.0 Å². The van der Waals surface area contributed by atoms with Gasteiger partial charge in [0, 0.05) is 17.4 Å². The third-order valence-electron chi connectivity index (χ3n) is 3.29. The molecule has 0 saturated carbocycles. The van der Waals surface area contributed by atoms with Crippen molar-refractivity contribution in [3.63, 3.8) is 0 Å². The number of methoxy groups -OCH3 is 1. The maximum atomic E-state index is 11.9. The maximum Gasteiger partial charge on any atom is 0.227 e. The summed E-state index contributed by atoms with van der Waals surface area (Å²) in [6, 6.07) is 12.7. The Kier molecular flexibility index (Phi) is 5.25. The predicted molar refractivity (Wildman–Crippen MR) is 87.3 cm³/mol. The number of nitrogen functional groups attached to an aromatic ring is 1. The van der Waals surface area contributed by atoms with Crippen molar-refractivity contribution in [2.24, 2.45) is 0 Å². The van der Waals surface area contributed by atoms with Gasteiger partial charge in [-0.15, -0.1) is 0 Å². The van der Waals surface area contributed by atoms with Gasteiger partial charge in [-0.3, -0.25) is 4.79 Å². The fourth-order valence-electron chi connectivity index (χ4n) is 1.95. The summed E-state index contributed by atoms with van der Waals surface area (Å²) in [5, 5.41) is 2.84. The lowest BCUT2D eigenvalue weighted by Crippen LogP contribution is -2.16. The van der Waals surface area contributed by atoms with Gasteiger partial charge in [0.2, 0.25) is 5.91 Å². The van der Waals surface area contributed by atoms with E-state index in [2.05, 4.69) is 5.32 Å². The standard InChI is InChI=1S/C17H20N2O3/c1-12-15(18)7-4-8-16(12)19-17(20)9-10-22-14-6-3-5-13(11-14)21-2/h3-8,11H,9-10,18H2,1-2H3,(H,19,20). The molecular weight excluding hydrogens is 280 g/mol. The van der Waals surface area contributed by atoms with E-state index < -0.39 is 0 Å². The molecule has 0 aromatic heterocycles. The van der Waals surface area contributed by atoms with E-state index in [0.29, 0.717) is 18.0 Å². The second kappa shape index (κ2) is 7.36. The van der Waals surface area contributed by atoms with E-state index in [4.69, 9.17) is 15.2 Å². The van der Waals surface area contributed by atoms with Gasteiger partial charge in [0.1, 0.15) is 11.5 Å². The molecule has 0 spiro atoms. The van der Waals surface area contributed by atoms with Crippen LogP contribution in [0.4, 0.5) is 11.4 Å². The van der Waals surface area contributed by atoms with Crippen LogP contribution in [0.5, 0.6) is 11.5 Å². The second-order valence-electron chi connectivity index (χ2n) is 4.85. The van der Waals surface area contributed by atoms with Crippen LogP contribution in [0.15, 0.2) is 42.5 Å². The van der Waals surface area contributed by atoms with Gasteiger partial charge in [-0.05, 0) is 36.8 Å². The summed E-state index contributed by atoms with van der Waals surface area (Å²) in [6.07, 6.45) is 0.255. The van der Waals surface area contributed by atoms with Crippen LogP contribution >= 0.6 is 0 Å². The molecule has 0 aliphatic rings. The van der Waals surface area contributed by atoms with Crippen molar-refractivity contribution >= 4 is 17.3 Å². The van der Waals surface area contributed by atoms with Crippen LogP contribution in [0.3, 0.4) is 0 Å². The zero-order valence-electron chi connectivity index (χ0n) is 12.8. The number of nitrogens with one attached hydrogen (secondary N) is 1.